The second kappa shape index (κ2) is 8.50. The second-order valence-corrected chi connectivity index (χ2v) is 10.3. The van der Waals surface area contributed by atoms with Crippen molar-refractivity contribution in [2.24, 2.45) is 0 Å². The largest absolute Gasteiger partial charge is 0.349 e. The first kappa shape index (κ1) is 22.3. The SMILES string of the molecule is O=C1Cc2cc(C(=O)NC3CC4CCC(C3)N4C(=O)c3ccc4c(Cl)ccnc4c3)c(Cl)cc2N1. The molecular formula is C26H22Cl2N4O3. The fraction of sp³-hybridized carbons (Fsp3) is 0.308. The van der Waals surface area contributed by atoms with Crippen LogP contribution in [-0.4, -0.2) is 45.7 Å². The van der Waals surface area contributed by atoms with Crippen LogP contribution in [0.3, 0.4) is 0 Å². The van der Waals surface area contributed by atoms with Crippen molar-refractivity contribution >= 4 is 57.5 Å². The van der Waals surface area contributed by atoms with E-state index in [1.807, 2.05) is 11.0 Å². The molecule has 0 radical (unpaired) electrons. The normalized spacial score (nSPS) is 22.7. The molecular weight excluding hydrogens is 487 g/mol. The number of anilines is 1. The highest BCUT2D eigenvalue weighted by atomic mass is 35.5. The maximum atomic E-state index is 13.4. The number of nitrogens with one attached hydrogen (secondary N) is 2. The van der Waals surface area contributed by atoms with Crippen LogP contribution in [0.1, 0.15) is 52.0 Å². The van der Waals surface area contributed by atoms with Crippen molar-refractivity contribution < 1.29 is 14.4 Å². The zero-order valence-electron chi connectivity index (χ0n) is 18.7. The van der Waals surface area contributed by atoms with Crippen LogP contribution < -0.4 is 10.6 Å². The lowest BCUT2D eigenvalue weighted by Gasteiger charge is -2.39. The summed E-state index contributed by atoms with van der Waals surface area (Å²) < 4.78 is 0. The van der Waals surface area contributed by atoms with Gasteiger partial charge in [0, 0.05) is 41.0 Å². The Morgan fingerprint density at radius 2 is 1.80 bits per heavy atom. The minimum Gasteiger partial charge on any atom is -0.349 e. The topological polar surface area (TPSA) is 91.4 Å². The quantitative estimate of drug-likeness (QED) is 0.540. The molecule has 2 atom stereocenters. The fourth-order valence-corrected chi connectivity index (χ4v) is 6.17. The molecule has 4 heterocycles. The van der Waals surface area contributed by atoms with Crippen molar-refractivity contribution in [3.63, 3.8) is 0 Å². The number of benzene rings is 2. The summed E-state index contributed by atoms with van der Waals surface area (Å²) in [6, 6.07) is 10.6. The van der Waals surface area contributed by atoms with Crippen LogP contribution in [0.4, 0.5) is 5.69 Å². The molecule has 0 spiro atoms. The lowest BCUT2D eigenvalue weighted by molar-refractivity contribution is -0.115. The van der Waals surface area contributed by atoms with Gasteiger partial charge in [-0.2, -0.15) is 0 Å². The maximum Gasteiger partial charge on any atom is 0.254 e. The number of piperidine rings is 1. The Balaban J connectivity index is 1.17. The first-order valence-electron chi connectivity index (χ1n) is 11.7. The highest BCUT2D eigenvalue weighted by molar-refractivity contribution is 6.35. The Morgan fingerprint density at radius 3 is 2.57 bits per heavy atom. The molecule has 3 aliphatic heterocycles. The maximum absolute atomic E-state index is 13.4. The first-order chi connectivity index (χ1) is 16.9. The number of carbonyl (C=O) groups excluding carboxylic acids is 3. The molecule has 3 aromatic rings. The van der Waals surface area contributed by atoms with Crippen LogP contribution >= 0.6 is 23.2 Å². The van der Waals surface area contributed by atoms with Gasteiger partial charge < -0.3 is 15.5 Å². The van der Waals surface area contributed by atoms with Crippen molar-refractivity contribution in [2.45, 2.75) is 50.2 Å². The van der Waals surface area contributed by atoms with Crippen molar-refractivity contribution in [1.82, 2.24) is 15.2 Å². The Kier molecular flexibility index (Phi) is 5.42. The van der Waals surface area contributed by atoms with Crippen molar-refractivity contribution in [2.75, 3.05) is 5.32 Å². The molecule has 2 bridgehead atoms. The number of amides is 3. The number of nitrogens with zero attached hydrogens (tertiary/aromatic N) is 2. The lowest BCUT2D eigenvalue weighted by Crippen LogP contribution is -2.52. The van der Waals surface area contributed by atoms with Gasteiger partial charge in [0.25, 0.3) is 11.8 Å². The van der Waals surface area contributed by atoms with E-state index in [1.165, 1.54) is 0 Å². The Morgan fingerprint density at radius 1 is 1.03 bits per heavy atom. The predicted octanol–water partition coefficient (Wildman–Crippen LogP) is 4.60. The van der Waals surface area contributed by atoms with E-state index in [9.17, 15) is 14.4 Å². The molecule has 2 unspecified atom stereocenters. The number of halogens is 2. The number of aromatic nitrogens is 1. The van der Waals surface area contributed by atoms with E-state index in [-0.39, 0.29) is 42.3 Å². The smallest absolute Gasteiger partial charge is 0.254 e. The predicted molar refractivity (Wildman–Crippen MR) is 134 cm³/mol. The van der Waals surface area contributed by atoms with Crippen LogP contribution in [0.2, 0.25) is 10.0 Å². The van der Waals surface area contributed by atoms with Crippen LogP contribution in [0, 0.1) is 0 Å². The van der Waals surface area contributed by atoms with E-state index in [1.54, 1.807) is 36.5 Å². The van der Waals surface area contributed by atoms with Gasteiger partial charge in [-0.15, -0.1) is 0 Å². The van der Waals surface area contributed by atoms with Crippen LogP contribution in [0.25, 0.3) is 10.9 Å². The summed E-state index contributed by atoms with van der Waals surface area (Å²) in [5, 5.41) is 7.60. The third-order valence-corrected chi connectivity index (χ3v) is 7.94. The van der Waals surface area contributed by atoms with E-state index >= 15 is 0 Å². The molecule has 9 heteroatoms. The highest BCUT2D eigenvalue weighted by Crippen LogP contribution is 2.38. The van der Waals surface area contributed by atoms with Crippen LogP contribution in [0.5, 0.6) is 0 Å². The summed E-state index contributed by atoms with van der Waals surface area (Å²) in [4.78, 5) is 44.5. The van der Waals surface area contributed by atoms with Crippen molar-refractivity contribution in [3.8, 4) is 0 Å². The Hall–Kier alpha value is -3.16. The average Bonchev–Trinajstić information content (AvgIpc) is 3.32. The minimum absolute atomic E-state index is 0.00946. The van der Waals surface area contributed by atoms with Gasteiger partial charge in [0.05, 0.1) is 27.5 Å². The van der Waals surface area contributed by atoms with Gasteiger partial charge in [0.1, 0.15) is 0 Å². The van der Waals surface area contributed by atoms with Gasteiger partial charge >= 0.3 is 0 Å². The number of carbonyl (C=O) groups is 3. The Bertz CT molecular complexity index is 1390. The van der Waals surface area contributed by atoms with Crippen LogP contribution in [-0.2, 0) is 11.2 Å². The zero-order valence-corrected chi connectivity index (χ0v) is 20.2. The molecule has 35 heavy (non-hydrogen) atoms. The lowest BCUT2D eigenvalue weighted by atomic mass is 9.95. The van der Waals surface area contributed by atoms with Gasteiger partial charge in [0.15, 0.2) is 0 Å². The van der Waals surface area contributed by atoms with Gasteiger partial charge in [0.2, 0.25) is 5.91 Å². The molecule has 3 aliphatic rings. The van der Waals surface area contributed by atoms with Crippen LogP contribution in [0.15, 0.2) is 42.6 Å². The van der Waals surface area contributed by atoms with E-state index in [0.29, 0.717) is 45.2 Å². The van der Waals surface area contributed by atoms with Crippen molar-refractivity contribution in [1.29, 1.82) is 0 Å². The molecule has 6 rings (SSSR count). The average molecular weight is 509 g/mol. The van der Waals surface area contributed by atoms with E-state index in [2.05, 4.69) is 15.6 Å². The fourth-order valence-electron chi connectivity index (χ4n) is 5.71. The molecule has 3 amide bonds. The summed E-state index contributed by atoms with van der Waals surface area (Å²) in [7, 11) is 0. The molecule has 2 aromatic carbocycles. The third-order valence-electron chi connectivity index (χ3n) is 7.30. The summed E-state index contributed by atoms with van der Waals surface area (Å²) in [5.41, 5.74) is 3.10. The molecule has 7 nitrogen and oxygen atoms in total. The van der Waals surface area contributed by atoms with Gasteiger partial charge in [-0.05, 0) is 61.6 Å². The highest BCUT2D eigenvalue weighted by Gasteiger charge is 2.44. The van der Waals surface area contributed by atoms with E-state index in [4.69, 9.17) is 23.2 Å². The summed E-state index contributed by atoms with van der Waals surface area (Å²) in [6.07, 6.45) is 5.08. The molecule has 178 valence electrons. The number of fused-ring (bicyclic) bond motifs is 4. The number of rotatable bonds is 3. The molecule has 2 N–H and O–H groups in total. The van der Waals surface area contributed by atoms with Gasteiger partial charge in [-0.1, -0.05) is 29.3 Å². The molecule has 1 aromatic heterocycles. The molecule has 2 saturated heterocycles. The summed E-state index contributed by atoms with van der Waals surface area (Å²) in [5.74, 6) is -0.365. The number of hydrogen-bond acceptors (Lipinski definition) is 4. The molecule has 0 aliphatic carbocycles. The molecule has 0 saturated carbocycles. The Labute approximate surface area is 211 Å². The first-order valence-corrected chi connectivity index (χ1v) is 12.4. The summed E-state index contributed by atoms with van der Waals surface area (Å²) >= 11 is 12.6. The second-order valence-electron chi connectivity index (χ2n) is 9.48. The monoisotopic (exact) mass is 508 g/mol. The van der Waals surface area contributed by atoms with Gasteiger partial charge in [-0.3, -0.25) is 19.4 Å². The zero-order chi connectivity index (χ0) is 24.3. The number of pyridine rings is 1. The standard InChI is InChI=1S/C26H22Cl2N4O3/c27-20-5-6-29-23-8-13(1-4-18(20)23)26(35)32-16-2-3-17(32)11-15(10-16)30-25(34)19-7-14-9-24(33)31-22(14)12-21(19)28/h1,4-8,12,15-17H,2-3,9-11H2,(H,30,34)(H,31,33). The van der Waals surface area contributed by atoms with Crippen molar-refractivity contribution in [3.05, 3.63) is 69.3 Å². The third kappa shape index (κ3) is 3.93. The van der Waals surface area contributed by atoms with E-state index in [0.717, 1.165) is 23.8 Å². The summed E-state index contributed by atoms with van der Waals surface area (Å²) in [6.45, 7) is 0. The van der Waals surface area contributed by atoms with E-state index < -0.39 is 0 Å². The minimum atomic E-state index is -0.251. The van der Waals surface area contributed by atoms with Gasteiger partial charge in [-0.25, -0.2) is 0 Å². The number of hydrogen-bond donors (Lipinski definition) is 2. The molecule has 2 fully saturated rings.